The Morgan fingerprint density at radius 3 is 2.86 bits per heavy atom. The lowest BCUT2D eigenvalue weighted by Gasteiger charge is -2.36. The monoisotopic (exact) mass is 296 g/mol. The normalized spacial score (nSPS) is 17.7. The van der Waals surface area contributed by atoms with Gasteiger partial charge < -0.3 is 0 Å². The third-order valence-electron chi connectivity index (χ3n) is 4.21. The molecule has 0 saturated carbocycles. The van der Waals surface area contributed by atoms with Gasteiger partial charge in [0.1, 0.15) is 6.33 Å². The zero-order chi connectivity index (χ0) is 15.4. The van der Waals surface area contributed by atoms with E-state index in [0.29, 0.717) is 12.0 Å². The minimum absolute atomic E-state index is 0.410. The minimum Gasteiger partial charge on any atom is -0.290 e. The number of nitrogens with zero attached hydrogens (tertiary/aromatic N) is 4. The molecule has 116 valence electrons. The molecule has 0 fully saturated rings. The van der Waals surface area contributed by atoms with Crippen LogP contribution in [0.15, 0.2) is 37.1 Å². The van der Waals surface area contributed by atoms with Gasteiger partial charge in [0.05, 0.1) is 11.7 Å². The first-order valence-corrected chi connectivity index (χ1v) is 8.15. The van der Waals surface area contributed by atoms with Crippen LogP contribution in [0.25, 0.3) is 0 Å². The lowest BCUT2D eigenvalue weighted by atomic mass is 9.90. The highest BCUT2D eigenvalue weighted by atomic mass is 15.2. The second-order valence-corrected chi connectivity index (χ2v) is 6.53. The Morgan fingerprint density at radius 2 is 2.09 bits per heavy atom. The maximum atomic E-state index is 4.70. The van der Waals surface area contributed by atoms with Crippen LogP contribution in [0.2, 0.25) is 0 Å². The van der Waals surface area contributed by atoms with Crippen LogP contribution in [0.1, 0.15) is 49.6 Å². The first-order valence-electron chi connectivity index (χ1n) is 8.15. The fourth-order valence-corrected chi connectivity index (χ4v) is 3.36. The van der Waals surface area contributed by atoms with Crippen LogP contribution in [-0.2, 0) is 13.0 Å². The number of rotatable bonds is 5. The Bertz CT molecular complexity index is 597. The van der Waals surface area contributed by atoms with Crippen molar-refractivity contribution in [1.82, 2.24) is 19.9 Å². The summed E-state index contributed by atoms with van der Waals surface area (Å²) in [7, 11) is 0. The molecular weight excluding hydrogens is 272 g/mol. The molecule has 22 heavy (non-hydrogen) atoms. The van der Waals surface area contributed by atoms with Crippen LogP contribution in [0.4, 0.5) is 0 Å². The Labute approximate surface area is 132 Å². The average Bonchev–Trinajstić information content (AvgIpc) is 2.54. The van der Waals surface area contributed by atoms with Crippen LogP contribution in [0.3, 0.4) is 0 Å². The molecular formula is C18H24N4. The molecule has 0 radical (unpaired) electrons. The Balaban J connectivity index is 1.86. The summed E-state index contributed by atoms with van der Waals surface area (Å²) in [5.41, 5.74) is 3.86. The summed E-state index contributed by atoms with van der Waals surface area (Å²) < 4.78 is 0. The van der Waals surface area contributed by atoms with Gasteiger partial charge in [-0.05, 0) is 36.8 Å². The van der Waals surface area contributed by atoms with E-state index in [1.807, 2.05) is 18.6 Å². The van der Waals surface area contributed by atoms with E-state index in [2.05, 4.69) is 40.8 Å². The molecule has 0 N–H and O–H groups in total. The van der Waals surface area contributed by atoms with Gasteiger partial charge in [-0.15, -0.1) is 0 Å². The molecule has 0 aromatic carbocycles. The highest BCUT2D eigenvalue weighted by molar-refractivity contribution is 5.25. The molecule has 2 aromatic heterocycles. The van der Waals surface area contributed by atoms with E-state index in [0.717, 1.165) is 19.5 Å². The molecule has 1 aliphatic carbocycles. The quantitative estimate of drug-likeness (QED) is 0.848. The van der Waals surface area contributed by atoms with E-state index in [1.54, 1.807) is 6.33 Å². The predicted octanol–water partition coefficient (Wildman–Crippen LogP) is 3.41. The summed E-state index contributed by atoms with van der Waals surface area (Å²) in [5.74, 6) is 0.624. The first-order chi connectivity index (χ1) is 10.7. The van der Waals surface area contributed by atoms with E-state index in [1.165, 1.54) is 29.7 Å². The van der Waals surface area contributed by atoms with Gasteiger partial charge in [-0.2, -0.15) is 0 Å². The number of aromatic nitrogens is 3. The molecule has 0 spiro atoms. The fraction of sp³-hybridized carbons (Fsp3) is 0.500. The van der Waals surface area contributed by atoms with Gasteiger partial charge in [-0.3, -0.25) is 9.88 Å². The molecule has 0 saturated heterocycles. The Hall–Kier alpha value is -1.81. The Morgan fingerprint density at radius 1 is 1.27 bits per heavy atom. The molecule has 2 aromatic rings. The van der Waals surface area contributed by atoms with Gasteiger partial charge in [-0.1, -0.05) is 19.9 Å². The lowest BCUT2D eigenvalue weighted by Crippen LogP contribution is -2.34. The van der Waals surface area contributed by atoms with Crippen LogP contribution in [0, 0.1) is 5.92 Å². The number of aryl methyl sites for hydroxylation is 1. The summed E-state index contributed by atoms with van der Waals surface area (Å²) >= 11 is 0. The largest absolute Gasteiger partial charge is 0.290 e. The van der Waals surface area contributed by atoms with Crippen LogP contribution < -0.4 is 0 Å². The summed E-state index contributed by atoms with van der Waals surface area (Å²) in [5, 5.41) is 0. The zero-order valence-electron chi connectivity index (χ0n) is 13.4. The molecule has 4 nitrogen and oxygen atoms in total. The highest BCUT2D eigenvalue weighted by Gasteiger charge is 2.27. The zero-order valence-corrected chi connectivity index (χ0v) is 13.4. The van der Waals surface area contributed by atoms with Crippen molar-refractivity contribution in [2.24, 2.45) is 5.92 Å². The summed E-state index contributed by atoms with van der Waals surface area (Å²) in [4.78, 5) is 15.6. The smallest absolute Gasteiger partial charge is 0.115 e. The minimum atomic E-state index is 0.410. The van der Waals surface area contributed by atoms with E-state index in [9.17, 15) is 0 Å². The maximum absolute atomic E-state index is 4.70. The van der Waals surface area contributed by atoms with Crippen molar-refractivity contribution in [2.45, 2.75) is 45.7 Å². The van der Waals surface area contributed by atoms with Gasteiger partial charge in [-0.25, -0.2) is 9.97 Å². The van der Waals surface area contributed by atoms with Gasteiger partial charge in [0.25, 0.3) is 0 Å². The molecule has 1 aliphatic rings. The first kappa shape index (κ1) is 15.1. The fourth-order valence-electron chi connectivity index (χ4n) is 3.36. The van der Waals surface area contributed by atoms with E-state index >= 15 is 0 Å². The molecule has 3 rings (SSSR count). The highest BCUT2D eigenvalue weighted by Crippen LogP contribution is 2.34. The van der Waals surface area contributed by atoms with Crippen LogP contribution >= 0.6 is 0 Å². The summed E-state index contributed by atoms with van der Waals surface area (Å²) in [6.07, 6.45) is 10.9. The SMILES string of the molecule is CC(C)CN(Cc1cncnc1)C1CCCc2cccnc21. The second-order valence-electron chi connectivity index (χ2n) is 6.53. The maximum Gasteiger partial charge on any atom is 0.115 e. The van der Waals surface area contributed by atoms with Crippen molar-refractivity contribution in [2.75, 3.05) is 6.54 Å². The molecule has 1 unspecified atom stereocenters. The van der Waals surface area contributed by atoms with Crippen LogP contribution in [0.5, 0.6) is 0 Å². The second kappa shape index (κ2) is 6.97. The Kier molecular flexibility index (Phi) is 4.78. The van der Waals surface area contributed by atoms with E-state index in [4.69, 9.17) is 4.98 Å². The molecule has 4 heteroatoms. The van der Waals surface area contributed by atoms with Crippen molar-refractivity contribution in [3.05, 3.63) is 53.9 Å². The van der Waals surface area contributed by atoms with Crippen LogP contribution in [-0.4, -0.2) is 26.4 Å². The molecule has 0 aliphatic heterocycles. The van der Waals surface area contributed by atoms with Gasteiger partial charge in [0.2, 0.25) is 0 Å². The lowest BCUT2D eigenvalue weighted by molar-refractivity contribution is 0.147. The standard InChI is InChI=1S/C18H24N4/c1-14(2)11-22(12-15-9-19-13-20-10-15)17-7-3-5-16-6-4-8-21-18(16)17/h4,6,8-10,13-14,17H,3,5,7,11-12H2,1-2H3. The van der Waals surface area contributed by atoms with Gasteiger partial charge in [0, 0.05) is 37.2 Å². The van der Waals surface area contributed by atoms with E-state index < -0.39 is 0 Å². The topological polar surface area (TPSA) is 41.9 Å². The summed E-state index contributed by atoms with van der Waals surface area (Å²) in [6, 6.07) is 4.69. The molecule has 1 atom stereocenters. The number of pyridine rings is 1. The van der Waals surface area contributed by atoms with Crippen molar-refractivity contribution in [3.8, 4) is 0 Å². The summed E-state index contributed by atoms with van der Waals surface area (Å²) in [6.45, 7) is 6.50. The number of hydrogen-bond acceptors (Lipinski definition) is 4. The molecule has 0 bridgehead atoms. The third-order valence-corrected chi connectivity index (χ3v) is 4.21. The van der Waals surface area contributed by atoms with Crippen molar-refractivity contribution in [1.29, 1.82) is 0 Å². The predicted molar refractivity (Wildman–Crippen MR) is 87.2 cm³/mol. The molecule has 0 amide bonds. The van der Waals surface area contributed by atoms with E-state index in [-0.39, 0.29) is 0 Å². The third kappa shape index (κ3) is 3.50. The van der Waals surface area contributed by atoms with Crippen molar-refractivity contribution < 1.29 is 0 Å². The average molecular weight is 296 g/mol. The van der Waals surface area contributed by atoms with Gasteiger partial charge in [0.15, 0.2) is 0 Å². The number of hydrogen-bond donors (Lipinski definition) is 0. The van der Waals surface area contributed by atoms with Crippen molar-refractivity contribution >= 4 is 0 Å². The van der Waals surface area contributed by atoms with Crippen molar-refractivity contribution in [3.63, 3.8) is 0 Å². The molecule has 2 heterocycles. The van der Waals surface area contributed by atoms with Gasteiger partial charge >= 0.3 is 0 Å². The number of fused-ring (bicyclic) bond motifs is 1.